The molecule has 3 rings (SSSR count). The first kappa shape index (κ1) is 23.0. The van der Waals surface area contributed by atoms with Crippen LogP contribution in [0.25, 0.3) is 0 Å². The Hall–Kier alpha value is -3.66. The molecular weight excluding hydrogens is 436 g/mol. The molecule has 0 aliphatic rings. The minimum Gasteiger partial charge on any atom is -0.497 e. The van der Waals surface area contributed by atoms with Gasteiger partial charge in [-0.1, -0.05) is 12.1 Å². The Morgan fingerprint density at radius 1 is 1.00 bits per heavy atom. The van der Waals surface area contributed by atoms with E-state index < -0.39 is 10.1 Å². The summed E-state index contributed by atoms with van der Waals surface area (Å²) in [5.41, 5.74) is 1.26. The molecule has 0 atom stereocenters. The van der Waals surface area contributed by atoms with Crippen LogP contribution in [0.2, 0.25) is 0 Å². The van der Waals surface area contributed by atoms with Gasteiger partial charge in [-0.3, -0.25) is 0 Å². The molecule has 0 aliphatic carbocycles. The Labute approximate surface area is 186 Å². The van der Waals surface area contributed by atoms with Crippen molar-refractivity contribution in [2.24, 2.45) is 0 Å². The van der Waals surface area contributed by atoms with Crippen molar-refractivity contribution < 1.29 is 31.3 Å². The van der Waals surface area contributed by atoms with Gasteiger partial charge in [-0.05, 0) is 42.0 Å². The van der Waals surface area contributed by atoms with E-state index in [1.807, 2.05) is 0 Å². The second-order valence-corrected chi connectivity index (χ2v) is 8.44. The molecule has 170 valence electrons. The van der Waals surface area contributed by atoms with E-state index in [1.165, 1.54) is 25.5 Å². The predicted octanol–water partition coefficient (Wildman–Crippen LogP) is 3.87. The maximum Gasteiger partial charge on any atom is 0.322 e. The summed E-state index contributed by atoms with van der Waals surface area (Å²) in [6, 6.07) is 14.7. The molecule has 0 saturated carbocycles. The van der Waals surface area contributed by atoms with Crippen LogP contribution in [0.4, 0.5) is 10.5 Å². The molecule has 0 bridgehead atoms. The fourth-order valence-corrected chi connectivity index (χ4v) is 3.39. The van der Waals surface area contributed by atoms with Gasteiger partial charge in [0.1, 0.15) is 23.0 Å². The van der Waals surface area contributed by atoms with Crippen LogP contribution in [0.3, 0.4) is 0 Å². The Kier molecular flexibility index (Phi) is 7.26. The standard InChI is InChI=1S/C22H24N2O7S/c1-28-18-10-11-20(21(13-18)29-2)23-22(25)24(15-19-5-4-12-30-19)14-16-6-8-17(9-7-16)31-32(3,26)27/h4-13H,14-15H2,1-3H3,(H,23,25). The van der Waals surface area contributed by atoms with Crippen molar-refractivity contribution in [3.05, 3.63) is 72.2 Å². The third kappa shape index (κ3) is 6.42. The topological polar surface area (TPSA) is 107 Å². The highest BCUT2D eigenvalue weighted by molar-refractivity contribution is 7.86. The lowest BCUT2D eigenvalue weighted by atomic mass is 10.2. The summed E-state index contributed by atoms with van der Waals surface area (Å²) in [6.45, 7) is 0.461. The number of rotatable bonds is 9. The Morgan fingerprint density at radius 3 is 2.31 bits per heavy atom. The average Bonchev–Trinajstić information content (AvgIpc) is 3.27. The summed E-state index contributed by atoms with van der Waals surface area (Å²) in [4.78, 5) is 14.7. The van der Waals surface area contributed by atoms with E-state index >= 15 is 0 Å². The number of anilines is 1. The minimum absolute atomic E-state index is 0.196. The fraction of sp³-hybridized carbons (Fsp3) is 0.227. The van der Waals surface area contributed by atoms with E-state index in [9.17, 15) is 13.2 Å². The molecule has 3 aromatic rings. The Morgan fingerprint density at radius 2 is 1.72 bits per heavy atom. The number of urea groups is 1. The van der Waals surface area contributed by atoms with Crippen molar-refractivity contribution in [3.63, 3.8) is 0 Å². The zero-order chi connectivity index (χ0) is 23.1. The van der Waals surface area contributed by atoms with Gasteiger partial charge in [0.25, 0.3) is 0 Å². The third-order valence-corrected chi connectivity index (χ3v) is 4.90. The number of nitrogens with zero attached hydrogens (tertiary/aromatic N) is 1. The highest BCUT2D eigenvalue weighted by atomic mass is 32.2. The van der Waals surface area contributed by atoms with Crippen molar-refractivity contribution >= 4 is 21.8 Å². The SMILES string of the molecule is COc1ccc(NC(=O)N(Cc2ccc(OS(C)(=O)=O)cc2)Cc2ccco2)c(OC)c1. The predicted molar refractivity (Wildman–Crippen MR) is 118 cm³/mol. The van der Waals surface area contributed by atoms with Crippen LogP contribution in [0.15, 0.2) is 65.3 Å². The van der Waals surface area contributed by atoms with E-state index in [1.54, 1.807) is 54.5 Å². The van der Waals surface area contributed by atoms with E-state index in [0.717, 1.165) is 11.8 Å². The smallest absolute Gasteiger partial charge is 0.322 e. The van der Waals surface area contributed by atoms with E-state index in [-0.39, 0.29) is 24.9 Å². The molecule has 0 radical (unpaired) electrons. The van der Waals surface area contributed by atoms with Gasteiger partial charge in [-0.25, -0.2) is 4.79 Å². The molecule has 0 aliphatic heterocycles. The van der Waals surface area contributed by atoms with Crippen LogP contribution in [-0.4, -0.2) is 39.8 Å². The number of nitrogens with one attached hydrogen (secondary N) is 1. The maximum atomic E-state index is 13.1. The Bertz CT molecular complexity index is 1140. The van der Waals surface area contributed by atoms with Crippen LogP contribution in [0.5, 0.6) is 17.2 Å². The van der Waals surface area contributed by atoms with Crippen molar-refractivity contribution in [3.8, 4) is 17.2 Å². The molecule has 0 unspecified atom stereocenters. The second-order valence-electron chi connectivity index (χ2n) is 6.86. The number of hydrogen-bond donors (Lipinski definition) is 1. The van der Waals surface area contributed by atoms with Crippen LogP contribution >= 0.6 is 0 Å². The number of carbonyl (C=O) groups excluding carboxylic acids is 1. The summed E-state index contributed by atoms with van der Waals surface area (Å²) in [5.74, 6) is 1.86. The molecular formula is C22H24N2O7S. The van der Waals surface area contributed by atoms with Gasteiger partial charge in [0.15, 0.2) is 0 Å². The number of furan rings is 1. The molecule has 1 heterocycles. The van der Waals surface area contributed by atoms with Gasteiger partial charge in [-0.15, -0.1) is 0 Å². The first-order chi connectivity index (χ1) is 15.3. The van der Waals surface area contributed by atoms with Gasteiger partial charge >= 0.3 is 16.1 Å². The normalized spacial score (nSPS) is 11.0. The second kappa shape index (κ2) is 10.1. The number of hydrogen-bond acceptors (Lipinski definition) is 7. The molecule has 0 spiro atoms. The summed E-state index contributed by atoms with van der Waals surface area (Å²) >= 11 is 0. The molecule has 1 N–H and O–H groups in total. The molecule has 9 nitrogen and oxygen atoms in total. The molecule has 32 heavy (non-hydrogen) atoms. The van der Waals surface area contributed by atoms with Crippen LogP contribution in [0.1, 0.15) is 11.3 Å². The monoisotopic (exact) mass is 460 g/mol. The van der Waals surface area contributed by atoms with Crippen molar-refractivity contribution in [2.75, 3.05) is 25.8 Å². The average molecular weight is 461 g/mol. The lowest BCUT2D eigenvalue weighted by molar-refractivity contribution is 0.201. The summed E-state index contributed by atoms with van der Waals surface area (Å²) in [5, 5.41) is 2.85. The molecule has 2 amide bonds. The van der Waals surface area contributed by atoms with Crippen LogP contribution in [-0.2, 0) is 23.2 Å². The first-order valence-electron chi connectivity index (χ1n) is 9.56. The lowest BCUT2D eigenvalue weighted by Crippen LogP contribution is -2.34. The first-order valence-corrected chi connectivity index (χ1v) is 11.4. The highest BCUT2D eigenvalue weighted by Crippen LogP contribution is 2.29. The molecule has 0 saturated heterocycles. The van der Waals surface area contributed by atoms with Gasteiger partial charge in [0.05, 0.1) is 39.0 Å². The van der Waals surface area contributed by atoms with E-state index in [2.05, 4.69) is 5.32 Å². The number of carbonyl (C=O) groups is 1. The summed E-state index contributed by atoms with van der Waals surface area (Å²) in [7, 11) is -0.564. The quantitative estimate of drug-likeness (QED) is 0.483. The van der Waals surface area contributed by atoms with Gasteiger partial charge < -0.3 is 28.3 Å². The van der Waals surface area contributed by atoms with Gasteiger partial charge in [-0.2, -0.15) is 8.42 Å². The molecule has 1 aromatic heterocycles. The highest BCUT2D eigenvalue weighted by Gasteiger charge is 2.18. The largest absolute Gasteiger partial charge is 0.497 e. The Balaban J connectivity index is 1.79. The van der Waals surface area contributed by atoms with E-state index in [0.29, 0.717) is 22.9 Å². The summed E-state index contributed by atoms with van der Waals surface area (Å²) < 4.78 is 43.4. The van der Waals surface area contributed by atoms with Crippen LogP contribution in [0, 0.1) is 0 Å². The lowest BCUT2D eigenvalue weighted by Gasteiger charge is -2.23. The van der Waals surface area contributed by atoms with Gasteiger partial charge in [0, 0.05) is 12.6 Å². The fourth-order valence-electron chi connectivity index (χ4n) is 2.93. The number of methoxy groups -OCH3 is 2. The summed E-state index contributed by atoms with van der Waals surface area (Å²) in [6.07, 6.45) is 2.51. The van der Waals surface area contributed by atoms with Crippen molar-refractivity contribution in [1.82, 2.24) is 4.90 Å². The molecule has 10 heteroatoms. The van der Waals surface area contributed by atoms with Crippen molar-refractivity contribution in [2.45, 2.75) is 13.1 Å². The third-order valence-electron chi connectivity index (χ3n) is 4.41. The van der Waals surface area contributed by atoms with Crippen LogP contribution < -0.4 is 19.0 Å². The number of amides is 2. The van der Waals surface area contributed by atoms with Gasteiger partial charge in [0.2, 0.25) is 0 Å². The number of benzene rings is 2. The zero-order valence-corrected chi connectivity index (χ0v) is 18.7. The molecule has 2 aromatic carbocycles. The maximum absolute atomic E-state index is 13.1. The number of ether oxygens (including phenoxy) is 2. The minimum atomic E-state index is -3.61. The van der Waals surface area contributed by atoms with Crippen molar-refractivity contribution in [1.29, 1.82) is 0 Å². The zero-order valence-electron chi connectivity index (χ0n) is 17.9. The molecule has 0 fully saturated rings. The van der Waals surface area contributed by atoms with E-state index in [4.69, 9.17) is 18.1 Å².